The van der Waals surface area contributed by atoms with Crippen molar-refractivity contribution in [3.05, 3.63) is 28.2 Å². The van der Waals surface area contributed by atoms with Gasteiger partial charge in [-0.05, 0) is 22.0 Å². The van der Waals surface area contributed by atoms with Crippen LogP contribution in [0.4, 0.5) is 22.0 Å². The second-order valence-corrected chi connectivity index (χ2v) is 5.19. The van der Waals surface area contributed by atoms with Gasteiger partial charge in [0.05, 0.1) is 27.9 Å². The molecule has 0 aliphatic carbocycles. The SMILES string of the molecule is Fc1cc2c(cc1Br)nc(CCl)n2CC(F)(F)C(F)F. The molecule has 1 aromatic carbocycles. The molecule has 9 heteroatoms. The molecule has 0 fully saturated rings. The Morgan fingerprint density at radius 1 is 1.35 bits per heavy atom. The average molecular weight is 378 g/mol. The van der Waals surface area contributed by atoms with Gasteiger partial charge in [-0.15, -0.1) is 11.6 Å². The van der Waals surface area contributed by atoms with Gasteiger partial charge in [0.25, 0.3) is 0 Å². The Morgan fingerprint density at radius 3 is 2.55 bits per heavy atom. The van der Waals surface area contributed by atoms with Crippen molar-refractivity contribution in [1.82, 2.24) is 9.55 Å². The number of alkyl halides is 5. The monoisotopic (exact) mass is 376 g/mol. The van der Waals surface area contributed by atoms with Crippen LogP contribution in [0.2, 0.25) is 0 Å². The highest BCUT2D eigenvalue weighted by molar-refractivity contribution is 9.10. The number of benzene rings is 1. The molecule has 1 heterocycles. The molecule has 0 N–H and O–H groups in total. The second-order valence-electron chi connectivity index (χ2n) is 4.06. The lowest BCUT2D eigenvalue weighted by Gasteiger charge is -2.17. The fourth-order valence-electron chi connectivity index (χ4n) is 1.73. The lowest BCUT2D eigenvalue weighted by Crippen LogP contribution is -2.32. The second kappa shape index (κ2) is 5.48. The molecule has 2 aromatic rings. The van der Waals surface area contributed by atoms with Gasteiger partial charge in [0.2, 0.25) is 0 Å². The number of nitrogens with zero attached hydrogens (tertiary/aromatic N) is 2. The molecule has 0 saturated carbocycles. The molecular weight excluding hydrogens is 370 g/mol. The number of fused-ring (bicyclic) bond motifs is 1. The van der Waals surface area contributed by atoms with Crippen molar-refractivity contribution in [3.63, 3.8) is 0 Å². The summed E-state index contributed by atoms with van der Waals surface area (Å²) in [6.07, 6.45) is -3.83. The van der Waals surface area contributed by atoms with Crippen LogP contribution in [0.15, 0.2) is 16.6 Å². The zero-order valence-corrected chi connectivity index (χ0v) is 12.0. The Balaban J connectivity index is 2.59. The molecule has 0 bridgehead atoms. The maximum absolute atomic E-state index is 13.5. The third kappa shape index (κ3) is 2.76. The van der Waals surface area contributed by atoms with Gasteiger partial charge < -0.3 is 4.57 Å². The van der Waals surface area contributed by atoms with Crippen molar-refractivity contribution < 1.29 is 22.0 Å². The van der Waals surface area contributed by atoms with Gasteiger partial charge in [-0.3, -0.25) is 0 Å². The largest absolute Gasteiger partial charge is 0.324 e. The van der Waals surface area contributed by atoms with Crippen molar-refractivity contribution in [2.75, 3.05) is 0 Å². The molecule has 110 valence electrons. The van der Waals surface area contributed by atoms with Gasteiger partial charge in [-0.1, -0.05) is 0 Å². The van der Waals surface area contributed by atoms with Crippen molar-refractivity contribution in [2.45, 2.75) is 24.8 Å². The fraction of sp³-hybridized carbons (Fsp3) is 0.364. The maximum atomic E-state index is 13.5. The summed E-state index contributed by atoms with van der Waals surface area (Å²) in [5.74, 6) is -5.25. The molecule has 0 amide bonds. The normalized spacial score (nSPS) is 12.6. The number of imidazole rings is 1. The maximum Gasteiger partial charge on any atom is 0.324 e. The molecule has 0 aliphatic rings. The molecule has 1 aromatic heterocycles. The third-order valence-electron chi connectivity index (χ3n) is 2.68. The van der Waals surface area contributed by atoms with Crippen LogP contribution in [0.3, 0.4) is 0 Å². The predicted octanol–water partition coefficient (Wildman–Crippen LogP) is 4.58. The van der Waals surface area contributed by atoms with Crippen LogP contribution in [0, 0.1) is 5.82 Å². The van der Waals surface area contributed by atoms with E-state index < -0.39 is 24.7 Å². The molecule has 0 unspecified atom stereocenters. The highest BCUT2D eigenvalue weighted by Gasteiger charge is 2.42. The van der Waals surface area contributed by atoms with Gasteiger partial charge in [0, 0.05) is 6.07 Å². The summed E-state index contributed by atoms with van der Waals surface area (Å²) in [5.41, 5.74) is 0.181. The number of halogens is 7. The van der Waals surface area contributed by atoms with Crippen LogP contribution < -0.4 is 0 Å². The lowest BCUT2D eigenvalue weighted by atomic mass is 10.3. The van der Waals surface area contributed by atoms with Crippen LogP contribution in [0.25, 0.3) is 11.0 Å². The van der Waals surface area contributed by atoms with E-state index in [0.717, 1.165) is 10.6 Å². The van der Waals surface area contributed by atoms with E-state index in [-0.39, 0.29) is 27.2 Å². The van der Waals surface area contributed by atoms with E-state index in [0.29, 0.717) is 0 Å². The van der Waals surface area contributed by atoms with E-state index in [9.17, 15) is 22.0 Å². The summed E-state index contributed by atoms with van der Waals surface area (Å²) in [6.45, 7) is -1.32. The minimum Gasteiger partial charge on any atom is -0.321 e. The minimum absolute atomic E-state index is 0.0123. The van der Waals surface area contributed by atoms with Gasteiger partial charge in [0.1, 0.15) is 11.6 Å². The van der Waals surface area contributed by atoms with Crippen LogP contribution in [0.1, 0.15) is 5.82 Å². The van der Waals surface area contributed by atoms with Gasteiger partial charge >= 0.3 is 12.3 Å². The highest BCUT2D eigenvalue weighted by Crippen LogP contribution is 2.30. The third-order valence-corrected chi connectivity index (χ3v) is 3.52. The number of aromatic nitrogens is 2. The first-order valence-corrected chi connectivity index (χ1v) is 6.65. The Labute approximate surface area is 123 Å². The van der Waals surface area contributed by atoms with Crippen LogP contribution in [-0.2, 0) is 12.4 Å². The summed E-state index contributed by atoms with van der Waals surface area (Å²) in [7, 11) is 0. The number of rotatable bonds is 4. The van der Waals surface area contributed by atoms with Gasteiger partial charge in [0.15, 0.2) is 0 Å². The molecule has 2 nitrogen and oxygen atoms in total. The Morgan fingerprint density at radius 2 is 2.00 bits per heavy atom. The highest BCUT2D eigenvalue weighted by atomic mass is 79.9. The minimum atomic E-state index is -4.25. The smallest absolute Gasteiger partial charge is 0.321 e. The predicted molar refractivity (Wildman–Crippen MR) is 67.9 cm³/mol. The standard InChI is InChI=1S/C11H7BrClF5N2/c12-5-1-7-8(2-6(5)14)20(9(3-13)19-7)4-11(17,18)10(15)16/h1-2,10H,3-4H2. The number of hydrogen-bond acceptors (Lipinski definition) is 1. The van der Waals surface area contributed by atoms with Crippen molar-refractivity contribution in [1.29, 1.82) is 0 Å². The molecule has 2 rings (SSSR count). The summed E-state index contributed by atoms with van der Waals surface area (Å²) in [4.78, 5) is 3.93. The Hall–Kier alpha value is -0.890. The summed E-state index contributed by atoms with van der Waals surface area (Å²) in [5, 5.41) is 0. The molecular formula is C11H7BrClF5N2. The molecule has 0 radical (unpaired) electrons. The molecule has 0 atom stereocenters. The van der Waals surface area contributed by atoms with Crippen LogP contribution in [0.5, 0.6) is 0 Å². The van der Waals surface area contributed by atoms with Crippen molar-refractivity contribution >= 4 is 38.6 Å². The summed E-state index contributed by atoms with van der Waals surface area (Å²) >= 11 is 8.50. The topological polar surface area (TPSA) is 17.8 Å². The Kier molecular flexibility index (Phi) is 4.24. The van der Waals surface area contributed by atoms with E-state index >= 15 is 0 Å². The lowest BCUT2D eigenvalue weighted by molar-refractivity contribution is -0.137. The first kappa shape index (κ1) is 15.5. The Bertz CT molecular complexity index is 643. The summed E-state index contributed by atoms with van der Waals surface area (Å²) in [6, 6.07) is 2.22. The zero-order chi connectivity index (χ0) is 15.1. The van der Waals surface area contributed by atoms with E-state index in [1.807, 2.05) is 0 Å². The van der Waals surface area contributed by atoms with E-state index in [1.54, 1.807) is 0 Å². The summed E-state index contributed by atoms with van der Waals surface area (Å²) < 4.78 is 65.3. The molecule has 0 saturated heterocycles. The quantitative estimate of drug-likeness (QED) is 0.563. The fourth-order valence-corrected chi connectivity index (χ4v) is 2.26. The molecule has 0 spiro atoms. The number of hydrogen-bond donors (Lipinski definition) is 0. The van der Waals surface area contributed by atoms with Crippen molar-refractivity contribution in [2.24, 2.45) is 0 Å². The first-order chi connectivity index (χ1) is 9.26. The zero-order valence-electron chi connectivity index (χ0n) is 9.69. The van der Waals surface area contributed by atoms with E-state index in [2.05, 4.69) is 20.9 Å². The first-order valence-electron chi connectivity index (χ1n) is 5.32. The molecule has 0 aliphatic heterocycles. The van der Waals surface area contributed by atoms with Crippen molar-refractivity contribution in [3.8, 4) is 0 Å². The van der Waals surface area contributed by atoms with Gasteiger partial charge in [-0.2, -0.15) is 8.78 Å². The van der Waals surface area contributed by atoms with E-state index in [4.69, 9.17) is 11.6 Å². The van der Waals surface area contributed by atoms with Gasteiger partial charge in [-0.25, -0.2) is 18.2 Å². The molecule has 20 heavy (non-hydrogen) atoms. The van der Waals surface area contributed by atoms with E-state index in [1.165, 1.54) is 6.07 Å². The van der Waals surface area contributed by atoms with Crippen LogP contribution >= 0.6 is 27.5 Å². The average Bonchev–Trinajstić information content (AvgIpc) is 2.67. The van der Waals surface area contributed by atoms with Crippen LogP contribution in [-0.4, -0.2) is 21.9 Å².